The van der Waals surface area contributed by atoms with Crippen molar-refractivity contribution in [1.29, 1.82) is 0 Å². The van der Waals surface area contributed by atoms with Gasteiger partial charge >= 0.3 is 0 Å². The van der Waals surface area contributed by atoms with E-state index in [1.807, 2.05) is 0 Å². The molecule has 1 aliphatic rings. The molecule has 0 unspecified atom stereocenters. The number of sulfone groups is 1. The van der Waals surface area contributed by atoms with Crippen LogP contribution in [0.5, 0.6) is 0 Å². The molecular weight excluding hydrogens is 408 g/mol. The maximum Gasteiger partial charge on any atom is 0.267 e. The van der Waals surface area contributed by atoms with E-state index < -0.39 is 21.3 Å². The standard InChI is InChI=1S/C19H26N6O4S/c1-30(28,29)13-7-5-12(6-8-13)23-16-14(15(20)26)17(27)25-18(24-16)22-11-19(21)9-3-2-4-10-19/h5-8H,2-4,9-11,21H2,1H3,(H2,20,26)(H3,22,23,24,25,27). The molecule has 0 aliphatic heterocycles. The summed E-state index contributed by atoms with van der Waals surface area (Å²) in [6.45, 7) is 0.425. The van der Waals surface area contributed by atoms with Gasteiger partial charge in [-0.25, -0.2) is 8.42 Å². The average molecular weight is 435 g/mol. The number of aromatic nitrogens is 2. The van der Waals surface area contributed by atoms with Gasteiger partial charge in [-0.3, -0.25) is 14.6 Å². The third-order valence-corrected chi connectivity index (χ3v) is 6.30. The van der Waals surface area contributed by atoms with Gasteiger partial charge in [0.1, 0.15) is 5.56 Å². The Morgan fingerprint density at radius 2 is 1.83 bits per heavy atom. The molecule has 7 N–H and O–H groups in total. The lowest BCUT2D eigenvalue weighted by atomic mass is 9.82. The molecule has 1 heterocycles. The van der Waals surface area contributed by atoms with E-state index in [2.05, 4.69) is 20.6 Å². The topological polar surface area (TPSA) is 173 Å². The summed E-state index contributed by atoms with van der Waals surface area (Å²) in [7, 11) is -3.35. The maximum absolute atomic E-state index is 12.4. The predicted octanol–water partition coefficient (Wildman–Crippen LogP) is 1.09. The summed E-state index contributed by atoms with van der Waals surface area (Å²) in [4.78, 5) is 31.2. The van der Waals surface area contributed by atoms with Gasteiger partial charge < -0.3 is 22.1 Å². The van der Waals surface area contributed by atoms with Crippen LogP contribution in [0.3, 0.4) is 0 Å². The largest absolute Gasteiger partial charge is 0.365 e. The fourth-order valence-electron chi connectivity index (χ4n) is 3.49. The van der Waals surface area contributed by atoms with E-state index in [1.165, 1.54) is 24.3 Å². The summed E-state index contributed by atoms with van der Waals surface area (Å²) in [5.74, 6) is -0.806. The molecule has 1 fully saturated rings. The van der Waals surface area contributed by atoms with Crippen LogP contribution >= 0.6 is 0 Å². The quantitative estimate of drug-likeness (QED) is 0.430. The van der Waals surface area contributed by atoms with Gasteiger partial charge in [0.15, 0.2) is 15.7 Å². The Balaban J connectivity index is 1.86. The first-order valence-corrected chi connectivity index (χ1v) is 11.5. The first-order valence-electron chi connectivity index (χ1n) is 9.61. The van der Waals surface area contributed by atoms with Gasteiger partial charge in [0.25, 0.3) is 11.5 Å². The second-order valence-corrected chi connectivity index (χ2v) is 9.72. The minimum Gasteiger partial charge on any atom is -0.365 e. The lowest BCUT2D eigenvalue weighted by Crippen LogP contribution is -2.48. The Bertz CT molecular complexity index is 1090. The van der Waals surface area contributed by atoms with E-state index in [0.717, 1.165) is 38.4 Å². The predicted molar refractivity (Wildman–Crippen MR) is 115 cm³/mol. The van der Waals surface area contributed by atoms with Crippen LogP contribution in [0.1, 0.15) is 42.5 Å². The van der Waals surface area contributed by atoms with Gasteiger partial charge in [-0.1, -0.05) is 19.3 Å². The Kier molecular flexibility index (Phi) is 6.13. The highest BCUT2D eigenvalue weighted by atomic mass is 32.2. The number of nitrogens with two attached hydrogens (primary N) is 2. The number of hydrogen-bond donors (Lipinski definition) is 5. The maximum atomic E-state index is 12.4. The molecular formula is C19H26N6O4S. The van der Waals surface area contributed by atoms with Gasteiger partial charge in [-0.2, -0.15) is 4.98 Å². The van der Waals surface area contributed by atoms with Gasteiger partial charge in [-0.15, -0.1) is 0 Å². The molecule has 0 spiro atoms. The number of nitrogens with zero attached hydrogens (tertiary/aromatic N) is 1. The molecule has 0 saturated heterocycles. The van der Waals surface area contributed by atoms with E-state index in [-0.39, 0.29) is 27.8 Å². The third kappa shape index (κ3) is 5.16. The van der Waals surface area contributed by atoms with Crippen molar-refractivity contribution in [2.24, 2.45) is 11.5 Å². The van der Waals surface area contributed by atoms with Crippen molar-refractivity contribution in [3.63, 3.8) is 0 Å². The Labute approximate surface area is 174 Å². The minimum atomic E-state index is -3.35. The van der Waals surface area contributed by atoms with Gasteiger partial charge in [0.2, 0.25) is 5.95 Å². The van der Waals surface area contributed by atoms with Crippen LogP contribution in [-0.2, 0) is 9.84 Å². The zero-order chi connectivity index (χ0) is 21.9. The highest BCUT2D eigenvalue weighted by Crippen LogP contribution is 2.26. The number of amides is 1. The van der Waals surface area contributed by atoms with Crippen LogP contribution < -0.4 is 27.7 Å². The summed E-state index contributed by atoms with van der Waals surface area (Å²) >= 11 is 0. The zero-order valence-corrected chi connectivity index (χ0v) is 17.5. The van der Waals surface area contributed by atoms with Gasteiger partial charge in [-0.05, 0) is 37.1 Å². The minimum absolute atomic E-state index is 0.0319. The van der Waals surface area contributed by atoms with Crippen molar-refractivity contribution in [3.05, 3.63) is 40.2 Å². The average Bonchev–Trinajstić information content (AvgIpc) is 2.66. The smallest absolute Gasteiger partial charge is 0.267 e. The number of rotatable bonds is 7. The van der Waals surface area contributed by atoms with Gasteiger partial charge in [0, 0.05) is 24.0 Å². The van der Waals surface area contributed by atoms with Crippen molar-refractivity contribution in [3.8, 4) is 0 Å². The molecule has 1 amide bonds. The number of aromatic amines is 1. The second kappa shape index (κ2) is 8.44. The molecule has 1 aromatic heterocycles. The van der Waals surface area contributed by atoms with E-state index in [4.69, 9.17) is 11.5 Å². The van der Waals surface area contributed by atoms with Crippen LogP contribution in [0.4, 0.5) is 17.5 Å². The van der Waals surface area contributed by atoms with Crippen LogP contribution in [0.2, 0.25) is 0 Å². The molecule has 3 rings (SSSR count). The van der Waals surface area contributed by atoms with Crippen LogP contribution in [0.25, 0.3) is 0 Å². The molecule has 30 heavy (non-hydrogen) atoms. The second-order valence-electron chi connectivity index (χ2n) is 7.70. The lowest BCUT2D eigenvalue weighted by molar-refractivity contribution is 0.0999. The van der Waals surface area contributed by atoms with Crippen LogP contribution in [0, 0.1) is 0 Å². The third-order valence-electron chi connectivity index (χ3n) is 5.17. The van der Waals surface area contributed by atoms with E-state index >= 15 is 0 Å². The number of nitrogens with one attached hydrogen (secondary N) is 3. The van der Waals surface area contributed by atoms with E-state index in [9.17, 15) is 18.0 Å². The summed E-state index contributed by atoms with van der Waals surface area (Å²) in [5.41, 5.74) is 10.8. The number of hydrogen-bond acceptors (Lipinski definition) is 8. The fraction of sp³-hybridized carbons (Fsp3) is 0.421. The van der Waals surface area contributed by atoms with Crippen molar-refractivity contribution >= 4 is 33.2 Å². The lowest BCUT2D eigenvalue weighted by Gasteiger charge is -2.33. The normalized spacial score (nSPS) is 16.1. The van der Waals surface area contributed by atoms with Crippen molar-refractivity contribution in [2.45, 2.75) is 42.5 Å². The summed E-state index contributed by atoms with van der Waals surface area (Å²) < 4.78 is 23.2. The molecule has 0 radical (unpaired) electrons. The number of benzene rings is 1. The molecule has 0 bridgehead atoms. The first-order chi connectivity index (χ1) is 14.1. The van der Waals surface area contributed by atoms with Crippen molar-refractivity contribution < 1.29 is 13.2 Å². The zero-order valence-electron chi connectivity index (χ0n) is 16.7. The van der Waals surface area contributed by atoms with Crippen molar-refractivity contribution in [1.82, 2.24) is 9.97 Å². The van der Waals surface area contributed by atoms with Crippen LogP contribution in [0.15, 0.2) is 34.0 Å². The van der Waals surface area contributed by atoms with E-state index in [0.29, 0.717) is 12.2 Å². The number of primary amides is 1. The molecule has 1 aromatic carbocycles. The number of carbonyl (C=O) groups is 1. The summed E-state index contributed by atoms with van der Waals surface area (Å²) in [6.07, 6.45) is 6.13. The summed E-state index contributed by atoms with van der Waals surface area (Å²) in [5, 5.41) is 5.92. The van der Waals surface area contributed by atoms with E-state index in [1.54, 1.807) is 0 Å². The molecule has 10 nitrogen and oxygen atoms in total. The molecule has 1 saturated carbocycles. The number of H-pyrrole nitrogens is 1. The highest BCUT2D eigenvalue weighted by Gasteiger charge is 2.27. The number of carbonyl (C=O) groups excluding carboxylic acids is 1. The first kappa shape index (κ1) is 21.8. The SMILES string of the molecule is CS(=O)(=O)c1ccc(Nc2nc(NCC3(N)CCCCC3)[nH]c(=O)c2C(N)=O)cc1. The molecule has 2 aromatic rings. The molecule has 162 valence electrons. The molecule has 1 aliphatic carbocycles. The Hall–Kier alpha value is -2.92. The highest BCUT2D eigenvalue weighted by molar-refractivity contribution is 7.90. The molecule has 11 heteroatoms. The fourth-order valence-corrected chi connectivity index (χ4v) is 4.12. The van der Waals surface area contributed by atoms with Gasteiger partial charge in [0.05, 0.1) is 4.90 Å². The monoisotopic (exact) mass is 434 g/mol. The number of anilines is 3. The Morgan fingerprint density at radius 1 is 1.20 bits per heavy atom. The van der Waals surface area contributed by atoms with Crippen molar-refractivity contribution in [2.75, 3.05) is 23.4 Å². The molecule has 0 atom stereocenters. The van der Waals surface area contributed by atoms with Crippen LogP contribution in [-0.4, -0.2) is 42.6 Å². The summed E-state index contributed by atoms with van der Waals surface area (Å²) in [6, 6.07) is 5.84. The Morgan fingerprint density at radius 3 is 2.40 bits per heavy atom.